The summed E-state index contributed by atoms with van der Waals surface area (Å²) in [6.45, 7) is 1.12. The van der Waals surface area contributed by atoms with E-state index in [0.29, 0.717) is 35.4 Å². The molecule has 1 atom stereocenters. The highest BCUT2D eigenvalue weighted by Crippen LogP contribution is 2.32. The number of alkyl halides is 2. The van der Waals surface area contributed by atoms with Crippen LogP contribution in [0.2, 0.25) is 0 Å². The molecule has 0 bridgehead atoms. The summed E-state index contributed by atoms with van der Waals surface area (Å²) in [5.41, 5.74) is 0.384. The Morgan fingerprint density at radius 2 is 2.25 bits per heavy atom. The van der Waals surface area contributed by atoms with Crippen molar-refractivity contribution in [1.29, 1.82) is 0 Å². The van der Waals surface area contributed by atoms with Gasteiger partial charge in [0, 0.05) is 30.5 Å². The second-order valence-electron chi connectivity index (χ2n) is 4.59. The average molecular weight is 302 g/mol. The van der Waals surface area contributed by atoms with Gasteiger partial charge < -0.3 is 15.3 Å². The van der Waals surface area contributed by atoms with E-state index in [1.807, 2.05) is 0 Å². The maximum absolute atomic E-state index is 12.4. The number of para-hydroxylation sites is 1. The maximum Gasteiger partial charge on any atom is 0.321 e. The molecule has 2 rings (SSSR count). The Labute approximate surface area is 120 Å². The van der Waals surface area contributed by atoms with Crippen LogP contribution in [0.5, 0.6) is 0 Å². The van der Waals surface area contributed by atoms with Gasteiger partial charge in [0.05, 0.1) is 5.69 Å². The first-order valence-electron chi connectivity index (χ1n) is 6.30. The van der Waals surface area contributed by atoms with Crippen LogP contribution in [0.15, 0.2) is 29.2 Å². The summed E-state index contributed by atoms with van der Waals surface area (Å²) in [5, 5.41) is 11.7. The van der Waals surface area contributed by atoms with Gasteiger partial charge in [-0.2, -0.15) is 8.78 Å². The molecule has 4 nitrogen and oxygen atoms in total. The predicted molar refractivity (Wildman–Crippen MR) is 74.1 cm³/mol. The molecular weight excluding hydrogens is 286 g/mol. The van der Waals surface area contributed by atoms with Gasteiger partial charge in [-0.15, -0.1) is 0 Å². The number of nitrogens with zero attached hydrogens (tertiary/aromatic N) is 1. The van der Waals surface area contributed by atoms with Gasteiger partial charge in [-0.1, -0.05) is 23.9 Å². The lowest BCUT2D eigenvalue weighted by Crippen LogP contribution is -2.33. The second kappa shape index (κ2) is 6.90. The fourth-order valence-electron chi connectivity index (χ4n) is 2.13. The van der Waals surface area contributed by atoms with Crippen LogP contribution in [0.4, 0.5) is 19.3 Å². The van der Waals surface area contributed by atoms with E-state index in [1.165, 1.54) is 0 Å². The Morgan fingerprint density at radius 3 is 2.90 bits per heavy atom. The number of aliphatic hydroxyl groups is 1. The highest BCUT2D eigenvalue weighted by molar-refractivity contribution is 7.99. The molecule has 0 spiro atoms. The fraction of sp³-hybridized carbons (Fsp3) is 0.462. The van der Waals surface area contributed by atoms with Crippen molar-refractivity contribution in [3.8, 4) is 0 Å². The summed E-state index contributed by atoms with van der Waals surface area (Å²) in [6, 6.07) is 6.17. The summed E-state index contributed by atoms with van der Waals surface area (Å²) in [6.07, 6.45) is 0.761. The zero-order chi connectivity index (χ0) is 14.5. The number of benzene rings is 1. The van der Waals surface area contributed by atoms with Crippen LogP contribution in [0, 0.1) is 5.92 Å². The fourth-order valence-corrected chi connectivity index (χ4v) is 2.72. The van der Waals surface area contributed by atoms with Gasteiger partial charge in [0.15, 0.2) is 0 Å². The smallest absolute Gasteiger partial charge is 0.321 e. The molecule has 0 aliphatic carbocycles. The van der Waals surface area contributed by atoms with Gasteiger partial charge in [-0.3, -0.25) is 0 Å². The molecule has 110 valence electrons. The quantitative estimate of drug-likeness (QED) is 0.841. The molecule has 1 unspecified atom stereocenters. The lowest BCUT2D eigenvalue weighted by atomic mass is 10.1. The number of amides is 2. The first kappa shape index (κ1) is 15.1. The third-order valence-electron chi connectivity index (χ3n) is 3.18. The van der Waals surface area contributed by atoms with Crippen molar-refractivity contribution in [2.75, 3.05) is 25.0 Å². The molecule has 1 heterocycles. The van der Waals surface area contributed by atoms with Gasteiger partial charge >= 0.3 is 6.03 Å². The molecule has 1 aliphatic rings. The van der Waals surface area contributed by atoms with Crippen molar-refractivity contribution in [2.45, 2.75) is 17.1 Å². The van der Waals surface area contributed by atoms with E-state index in [4.69, 9.17) is 5.11 Å². The zero-order valence-electron chi connectivity index (χ0n) is 10.8. The third kappa shape index (κ3) is 3.83. The van der Waals surface area contributed by atoms with Crippen LogP contribution in [-0.4, -0.2) is 41.5 Å². The summed E-state index contributed by atoms with van der Waals surface area (Å²) < 4.78 is 24.9. The van der Waals surface area contributed by atoms with Crippen LogP contribution in [-0.2, 0) is 0 Å². The minimum Gasteiger partial charge on any atom is -0.396 e. The number of halogens is 2. The number of aliphatic hydroxyl groups excluding tert-OH is 1. The highest BCUT2D eigenvalue weighted by Gasteiger charge is 2.26. The van der Waals surface area contributed by atoms with Crippen molar-refractivity contribution in [1.82, 2.24) is 4.90 Å². The summed E-state index contributed by atoms with van der Waals surface area (Å²) >= 11 is 0.408. The van der Waals surface area contributed by atoms with E-state index >= 15 is 0 Å². The third-order valence-corrected chi connectivity index (χ3v) is 3.96. The largest absolute Gasteiger partial charge is 0.396 e. The molecule has 1 fully saturated rings. The number of thioether (sulfide) groups is 1. The summed E-state index contributed by atoms with van der Waals surface area (Å²) in [7, 11) is 0. The summed E-state index contributed by atoms with van der Waals surface area (Å²) in [4.78, 5) is 14.0. The number of urea groups is 1. The van der Waals surface area contributed by atoms with E-state index in [-0.39, 0.29) is 18.6 Å². The number of rotatable bonds is 4. The highest BCUT2D eigenvalue weighted by atomic mass is 32.2. The van der Waals surface area contributed by atoms with Crippen molar-refractivity contribution in [3.05, 3.63) is 24.3 Å². The lowest BCUT2D eigenvalue weighted by molar-refractivity contribution is 0.208. The van der Waals surface area contributed by atoms with Gasteiger partial charge in [0.2, 0.25) is 0 Å². The van der Waals surface area contributed by atoms with E-state index < -0.39 is 5.76 Å². The Balaban J connectivity index is 2.01. The molecule has 1 aromatic rings. The summed E-state index contributed by atoms with van der Waals surface area (Å²) in [5.74, 6) is -2.43. The van der Waals surface area contributed by atoms with Crippen LogP contribution in [0.25, 0.3) is 0 Å². The van der Waals surface area contributed by atoms with Crippen molar-refractivity contribution < 1.29 is 18.7 Å². The number of anilines is 1. The average Bonchev–Trinajstić information content (AvgIpc) is 2.89. The number of hydrogen-bond acceptors (Lipinski definition) is 3. The molecule has 0 saturated carbocycles. The van der Waals surface area contributed by atoms with Gasteiger partial charge in [-0.25, -0.2) is 4.79 Å². The van der Waals surface area contributed by atoms with Crippen LogP contribution in [0.3, 0.4) is 0 Å². The first-order valence-corrected chi connectivity index (χ1v) is 7.18. The standard InChI is InChI=1S/C13H16F2N2O2S/c14-12(15)20-11-4-2-1-3-10(11)16-13(19)17-6-5-9(7-17)8-18/h1-4,9,12,18H,5-8H2,(H,16,19). The molecule has 2 amide bonds. The van der Waals surface area contributed by atoms with Crippen LogP contribution >= 0.6 is 11.8 Å². The van der Waals surface area contributed by atoms with Gasteiger partial charge in [-0.05, 0) is 18.6 Å². The first-order chi connectivity index (χ1) is 9.60. The number of nitrogens with one attached hydrogen (secondary N) is 1. The van der Waals surface area contributed by atoms with Crippen molar-refractivity contribution in [2.24, 2.45) is 5.92 Å². The Bertz CT molecular complexity index is 473. The molecular formula is C13H16F2N2O2S. The Kier molecular flexibility index (Phi) is 5.19. The van der Waals surface area contributed by atoms with Crippen LogP contribution in [0.1, 0.15) is 6.42 Å². The van der Waals surface area contributed by atoms with Gasteiger partial charge in [0.1, 0.15) is 0 Å². The topological polar surface area (TPSA) is 52.6 Å². The minimum absolute atomic E-state index is 0.0571. The van der Waals surface area contributed by atoms with Crippen LogP contribution < -0.4 is 5.32 Å². The van der Waals surface area contributed by atoms with Crippen molar-refractivity contribution in [3.63, 3.8) is 0 Å². The maximum atomic E-state index is 12.4. The molecule has 1 aromatic carbocycles. The van der Waals surface area contributed by atoms with E-state index in [0.717, 1.165) is 6.42 Å². The van der Waals surface area contributed by atoms with Crippen molar-refractivity contribution >= 4 is 23.5 Å². The van der Waals surface area contributed by atoms with E-state index in [1.54, 1.807) is 29.2 Å². The molecule has 1 aliphatic heterocycles. The minimum atomic E-state index is -2.53. The molecule has 1 saturated heterocycles. The lowest BCUT2D eigenvalue weighted by Gasteiger charge is -2.18. The second-order valence-corrected chi connectivity index (χ2v) is 5.62. The molecule has 2 N–H and O–H groups in total. The molecule has 0 radical (unpaired) electrons. The Hall–Kier alpha value is -1.34. The number of carbonyl (C=O) groups excluding carboxylic acids is 1. The monoisotopic (exact) mass is 302 g/mol. The molecule has 0 aromatic heterocycles. The predicted octanol–water partition coefficient (Wildman–Crippen LogP) is 2.85. The Morgan fingerprint density at radius 1 is 1.50 bits per heavy atom. The number of likely N-dealkylation sites (tertiary alicyclic amines) is 1. The SMILES string of the molecule is O=C(Nc1ccccc1SC(F)F)N1CCC(CO)C1. The molecule has 7 heteroatoms. The van der Waals surface area contributed by atoms with E-state index in [2.05, 4.69) is 5.32 Å². The van der Waals surface area contributed by atoms with E-state index in [9.17, 15) is 13.6 Å². The number of carbonyl (C=O) groups is 1. The molecule has 20 heavy (non-hydrogen) atoms. The van der Waals surface area contributed by atoms with Gasteiger partial charge in [0.25, 0.3) is 5.76 Å². The zero-order valence-corrected chi connectivity index (χ0v) is 11.6. The normalized spacial score (nSPS) is 18.6. The number of hydrogen-bond donors (Lipinski definition) is 2.